The summed E-state index contributed by atoms with van der Waals surface area (Å²) in [5, 5.41) is 14.7. The van der Waals surface area contributed by atoms with E-state index >= 15 is 0 Å². The maximum atomic E-state index is 11.7. The standard InChI is InChI=1S/C16H32N2O2/c1-12(2)15-8-6-14(7-9-15)11-17-16(20)18-13(3)5-4-10-19/h12-15,19H,4-11H2,1-3H3,(H2,17,18,20). The summed E-state index contributed by atoms with van der Waals surface area (Å²) in [4.78, 5) is 11.7. The Labute approximate surface area is 123 Å². The third-order valence-electron chi connectivity index (χ3n) is 4.56. The Hall–Kier alpha value is -0.770. The molecule has 118 valence electrons. The number of aliphatic hydroxyl groups excluding tert-OH is 1. The summed E-state index contributed by atoms with van der Waals surface area (Å²) in [6.07, 6.45) is 6.65. The highest BCUT2D eigenvalue weighted by molar-refractivity contribution is 5.74. The normalized spacial score (nSPS) is 24.4. The fourth-order valence-electron chi connectivity index (χ4n) is 3.04. The second kappa shape index (κ2) is 9.22. The zero-order valence-corrected chi connectivity index (χ0v) is 13.3. The highest BCUT2D eigenvalue weighted by Gasteiger charge is 2.23. The molecule has 0 radical (unpaired) electrons. The smallest absolute Gasteiger partial charge is 0.315 e. The Morgan fingerprint density at radius 2 is 1.85 bits per heavy atom. The van der Waals surface area contributed by atoms with E-state index in [1.807, 2.05) is 6.92 Å². The van der Waals surface area contributed by atoms with Crippen molar-refractivity contribution in [1.29, 1.82) is 0 Å². The predicted octanol–water partition coefficient (Wildman–Crippen LogP) is 2.91. The van der Waals surface area contributed by atoms with Gasteiger partial charge in [-0.1, -0.05) is 13.8 Å². The monoisotopic (exact) mass is 284 g/mol. The molecule has 4 heteroatoms. The lowest BCUT2D eigenvalue weighted by atomic mass is 9.77. The number of carbonyl (C=O) groups excluding carboxylic acids is 1. The van der Waals surface area contributed by atoms with Crippen molar-refractivity contribution in [3.05, 3.63) is 0 Å². The third-order valence-corrected chi connectivity index (χ3v) is 4.56. The first-order valence-electron chi connectivity index (χ1n) is 8.18. The van der Waals surface area contributed by atoms with Crippen molar-refractivity contribution >= 4 is 6.03 Å². The number of hydrogen-bond donors (Lipinski definition) is 3. The molecule has 1 aliphatic carbocycles. The minimum absolute atomic E-state index is 0.0681. The zero-order valence-electron chi connectivity index (χ0n) is 13.3. The lowest BCUT2D eigenvalue weighted by Crippen LogP contribution is -2.43. The second-order valence-electron chi connectivity index (χ2n) is 6.65. The van der Waals surface area contributed by atoms with E-state index in [2.05, 4.69) is 24.5 Å². The van der Waals surface area contributed by atoms with Crippen molar-refractivity contribution in [3.8, 4) is 0 Å². The number of rotatable bonds is 7. The molecule has 3 N–H and O–H groups in total. The third kappa shape index (κ3) is 6.60. The van der Waals surface area contributed by atoms with Gasteiger partial charge in [0.1, 0.15) is 0 Å². The maximum Gasteiger partial charge on any atom is 0.315 e. The fourth-order valence-corrected chi connectivity index (χ4v) is 3.04. The van der Waals surface area contributed by atoms with Gasteiger partial charge in [-0.2, -0.15) is 0 Å². The summed E-state index contributed by atoms with van der Waals surface area (Å²) in [5.41, 5.74) is 0. The number of carbonyl (C=O) groups is 1. The molecule has 20 heavy (non-hydrogen) atoms. The van der Waals surface area contributed by atoms with Gasteiger partial charge in [0.25, 0.3) is 0 Å². The van der Waals surface area contributed by atoms with Crippen molar-refractivity contribution in [2.75, 3.05) is 13.2 Å². The van der Waals surface area contributed by atoms with Crippen LogP contribution in [0.5, 0.6) is 0 Å². The van der Waals surface area contributed by atoms with E-state index in [9.17, 15) is 4.79 Å². The van der Waals surface area contributed by atoms with Crippen LogP contribution in [0.25, 0.3) is 0 Å². The Balaban J connectivity index is 2.13. The molecule has 4 nitrogen and oxygen atoms in total. The first-order valence-corrected chi connectivity index (χ1v) is 8.18. The molecule has 0 aromatic heterocycles. The molecule has 2 amide bonds. The quantitative estimate of drug-likeness (QED) is 0.673. The number of aliphatic hydroxyl groups is 1. The largest absolute Gasteiger partial charge is 0.396 e. The molecule has 1 rings (SSSR count). The molecule has 1 atom stereocenters. The molecule has 1 unspecified atom stereocenters. The van der Waals surface area contributed by atoms with Crippen LogP contribution in [0.1, 0.15) is 59.3 Å². The lowest BCUT2D eigenvalue weighted by Gasteiger charge is -2.31. The van der Waals surface area contributed by atoms with Gasteiger partial charge in [-0.25, -0.2) is 4.79 Å². The number of amides is 2. The van der Waals surface area contributed by atoms with Crippen LogP contribution < -0.4 is 10.6 Å². The van der Waals surface area contributed by atoms with Gasteiger partial charge in [0.2, 0.25) is 0 Å². The van der Waals surface area contributed by atoms with Crippen molar-refractivity contribution in [2.45, 2.75) is 65.3 Å². The second-order valence-corrected chi connectivity index (χ2v) is 6.65. The molecular formula is C16H32N2O2. The van der Waals surface area contributed by atoms with E-state index in [1.165, 1.54) is 25.7 Å². The van der Waals surface area contributed by atoms with Gasteiger partial charge in [-0.15, -0.1) is 0 Å². The van der Waals surface area contributed by atoms with E-state index in [1.54, 1.807) is 0 Å². The van der Waals surface area contributed by atoms with E-state index in [0.29, 0.717) is 5.92 Å². The van der Waals surface area contributed by atoms with Crippen LogP contribution in [0, 0.1) is 17.8 Å². The van der Waals surface area contributed by atoms with Gasteiger partial charge in [0.15, 0.2) is 0 Å². The Morgan fingerprint density at radius 3 is 2.40 bits per heavy atom. The maximum absolute atomic E-state index is 11.7. The topological polar surface area (TPSA) is 61.4 Å². The molecule has 0 aromatic carbocycles. The summed E-state index contributed by atoms with van der Waals surface area (Å²) in [6.45, 7) is 7.58. The summed E-state index contributed by atoms with van der Waals surface area (Å²) in [7, 11) is 0. The van der Waals surface area contributed by atoms with Crippen LogP contribution >= 0.6 is 0 Å². The van der Waals surface area contributed by atoms with Crippen molar-refractivity contribution in [2.24, 2.45) is 17.8 Å². The van der Waals surface area contributed by atoms with Crippen molar-refractivity contribution < 1.29 is 9.90 Å². The molecule has 1 saturated carbocycles. The summed E-state index contributed by atoms with van der Waals surface area (Å²) in [5.74, 6) is 2.31. The molecule has 0 spiro atoms. The van der Waals surface area contributed by atoms with Crippen molar-refractivity contribution in [3.63, 3.8) is 0 Å². The summed E-state index contributed by atoms with van der Waals surface area (Å²) >= 11 is 0. The van der Waals surface area contributed by atoms with Gasteiger partial charge >= 0.3 is 6.03 Å². The highest BCUT2D eigenvalue weighted by atomic mass is 16.3. The lowest BCUT2D eigenvalue weighted by molar-refractivity contribution is 0.211. The van der Waals surface area contributed by atoms with E-state index < -0.39 is 0 Å². The highest BCUT2D eigenvalue weighted by Crippen LogP contribution is 2.32. The van der Waals surface area contributed by atoms with E-state index in [4.69, 9.17) is 5.11 Å². The predicted molar refractivity (Wildman–Crippen MR) is 82.6 cm³/mol. The van der Waals surface area contributed by atoms with Gasteiger partial charge in [0.05, 0.1) is 0 Å². The number of hydrogen-bond acceptors (Lipinski definition) is 2. The van der Waals surface area contributed by atoms with E-state index in [0.717, 1.165) is 31.2 Å². The minimum atomic E-state index is -0.0681. The van der Waals surface area contributed by atoms with Crippen LogP contribution in [-0.4, -0.2) is 30.3 Å². The van der Waals surface area contributed by atoms with Gasteiger partial charge in [-0.3, -0.25) is 0 Å². The molecule has 1 fully saturated rings. The Morgan fingerprint density at radius 1 is 1.20 bits per heavy atom. The first kappa shape index (κ1) is 17.3. The minimum Gasteiger partial charge on any atom is -0.396 e. The number of urea groups is 1. The van der Waals surface area contributed by atoms with E-state index in [-0.39, 0.29) is 18.7 Å². The van der Waals surface area contributed by atoms with Gasteiger partial charge in [0, 0.05) is 19.2 Å². The zero-order chi connectivity index (χ0) is 15.0. The molecule has 0 aliphatic heterocycles. The Bertz CT molecular complexity index is 274. The van der Waals surface area contributed by atoms with Crippen molar-refractivity contribution in [1.82, 2.24) is 10.6 Å². The molecule has 1 aliphatic rings. The van der Waals surface area contributed by atoms with Crippen LogP contribution in [0.2, 0.25) is 0 Å². The molecule has 0 aromatic rings. The molecule has 0 saturated heterocycles. The summed E-state index contributed by atoms with van der Waals surface area (Å²) in [6, 6.07) is 0.0558. The van der Waals surface area contributed by atoms with Gasteiger partial charge < -0.3 is 15.7 Å². The molecule has 0 heterocycles. The molecular weight excluding hydrogens is 252 g/mol. The first-order chi connectivity index (χ1) is 9.52. The van der Waals surface area contributed by atoms with Gasteiger partial charge in [-0.05, 0) is 63.2 Å². The SMILES string of the molecule is CC(CCCO)NC(=O)NCC1CCC(C(C)C)CC1. The number of nitrogens with one attached hydrogen (secondary N) is 2. The van der Waals surface area contributed by atoms with Crippen LogP contribution in [0.4, 0.5) is 4.79 Å². The summed E-state index contributed by atoms with van der Waals surface area (Å²) < 4.78 is 0. The average Bonchev–Trinajstić information content (AvgIpc) is 2.43. The fraction of sp³-hybridized carbons (Fsp3) is 0.938. The average molecular weight is 284 g/mol. The van der Waals surface area contributed by atoms with Crippen LogP contribution in [0.15, 0.2) is 0 Å². The Kier molecular flexibility index (Phi) is 7.97. The molecule has 0 bridgehead atoms. The van der Waals surface area contributed by atoms with Crippen LogP contribution in [-0.2, 0) is 0 Å². The van der Waals surface area contributed by atoms with Crippen LogP contribution in [0.3, 0.4) is 0 Å².